The quantitative estimate of drug-likeness (QED) is 0.918. The van der Waals surface area contributed by atoms with E-state index >= 15 is 0 Å². The molecule has 1 fully saturated rings. The lowest BCUT2D eigenvalue weighted by Gasteiger charge is -2.19. The Morgan fingerprint density at radius 3 is 2.95 bits per heavy atom. The molecule has 7 nitrogen and oxygen atoms in total. The number of aliphatic carboxylic acids is 1. The Morgan fingerprint density at radius 1 is 1.50 bits per heavy atom. The van der Waals surface area contributed by atoms with Crippen molar-refractivity contribution in [3.63, 3.8) is 0 Å². The minimum absolute atomic E-state index is 0.207. The molecule has 1 aliphatic rings. The Balaban J connectivity index is 1.69. The highest BCUT2D eigenvalue weighted by atomic mass is 32.1. The molecule has 1 aliphatic heterocycles. The molecule has 0 spiro atoms. The first-order valence-corrected chi connectivity index (χ1v) is 7.81. The van der Waals surface area contributed by atoms with Crippen molar-refractivity contribution in [2.45, 2.75) is 19.9 Å². The van der Waals surface area contributed by atoms with Crippen LogP contribution < -0.4 is 0 Å². The average molecular weight is 320 g/mol. The number of hydrogen-bond acceptors (Lipinski definition) is 5. The number of carboxylic acid groups (broad SMARTS) is 1. The van der Waals surface area contributed by atoms with Crippen molar-refractivity contribution in [3.05, 3.63) is 34.3 Å². The van der Waals surface area contributed by atoms with Crippen LogP contribution in [0.4, 0.5) is 0 Å². The van der Waals surface area contributed by atoms with Gasteiger partial charge in [-0.05, 0) is 24.8 Å². The molecule has 1 atom stereocenters. The minimum atomic E-state index is -0.872. The zero-order chi connectivity index (χ0) is 15.7. The molecule has 8 heteroatoms. The predicted octanol–water partition coefficient (Wildman–Crippen LogP) is 1.32. The van der Waals surface area contributed by atoms with E-state index in [9.17, 15) is 14.7 Å². The van der Waals surface area contributed by atoms with E-state index < -0.39 is 11.4 Å². The summed E-state index contributed by atoms with van der Waals surface area (Å²) in [7, 11) is 0. The molecule has 0 unspecified atom stereocenters. The number of likely N-dealkylation sites (tertiary alicyclic amines) is 1. The summed E-state index contributed by atoms with van der Waals surface area (Å²) < 4.78 is 1.62. The largest absolute Gasteiger partial charge is 0.481 e. The van der Waals surface area contributed by atoms with Crippen LogP contribution in [0.2, 0.25) is 0 Å². The first kappa shape index (κ1) is 14.7. The molecule has 0 aliphatic carbocycles. The fraction of sp³-hybridized carbons (Fsp3) is 0.429. The van der Waals surface area contributed by atoms with E-state index in [4.69, 9.17) is 0 Å². The van der Waals surface area contributed by atoms with Gasteiger partial charge in [0, 0.05) is 18.0 Å². The minimum Gasteiger partial charge on any atom is -0.481 e. The number of rotatable bonds is 4. The SMILES string of the molecule is C[C@@]1(C(=O)O)CCN(C(=O)c2cn(Cc3cccs3)nn2)C1. The first-order valence-electron chi connectivity index (χ1n) is 6.93. The van der Waals surface area contributed by atoms with Crippen LogP contribution in [-0.4, -0.2) is 50.0 Å². The third kappa shape index (κ3) is 2.74. The first-order chi connectivity index (χ1) is 10.5. The molecule has 1 saturated heterocycles. The van der Waals surface area contributed by atoms with Gasteiger partial charge in [0.25, 0.3) is 5.91 Å². The molecule has 0 aromatic carbocycles. The lowest BCUT2D eigenvalue weighted by Crippen LogP contribution is -2.35. The number of amides is 1. The second-order valence-corrected chi connectivity index (χ2v) is 6.76. The van der Waals surface area contributed by atoms with Crippen molar-refractivity contribution in [2.24, 2.45) is 5.41 Å². The number of hydrogen-bond donors (Lipinski definition) is 1. The Morgan fingerprint density at radius 2 is 2.32 bits per heavy atom. The highest BCUT2D eigenvalue weighted by Crippen LogP contribution is 2.30. The van der Waals surface area contributed by atoms with Crippen LogP contribution in [0.5, 0.6) is 0 Å². The van der Waals surface area contributed by atoms with Crippen molar-refractivity contribution in [3.8, 4) is 0 Å². The molecule has 0 bridgehead atoms. The van der Waals surface area contributed by atoms with Gasteiger partial charge in [-0.3, -0.25) is 9.59 Å². The van der Waals surface area contributed by atoms with Gasteiger partial charge < -0.3 is 10.0 Å². The smallest absolute Gasteiger partial charge is 0.311 e. The lowest BCUT2D eigenvalue weighted by atomic mass is 9.90. The van der Waals surface area contributed by atoms with Gasteiger partial charge in [-0.15, -0.1) is 16.4 Å². The van der Waals surface area contributed by atoms with E-state index in [1.54, 1.807) is 29.1 Å². The zero-order valence-electron chi connectivity index (χ0n) is 12.1. The van der Waals surface area contributed by atoms with Crippen LogP contribution in [0.3, 0.4) is 0 Å². The number of carboxylic acids is 1. The molecule has 2 aromatic rings. The van der Waals surface area contributed by atoms with Gasteiger partial charge in [0.05, 0.1) is 18.2 Å². The van der Waals surface area contributed by atoms with Gasteiger partial charge in [-0.1, -0.05) is 11.3 Å². The highest BCUT2D eigenvalue weighted by Gasteiger charge is 2.42. The van der Waals surface area contributed by atoms with Gasteiger partial charge in [0.15, 0.2) is 5.69 Å². The summed E-state index contributed by atoms with van der Waals surface area (Å²) in [6.07, 6.45) is 2.07. The molecular formula is C14H16N4O3S. The summed E-state index contributed by atoms with van der Waals surface area (Å²) in [5.74, 6) is -1.13. The summed E-state index contributed by atoms with van der Waals surface area (Å²) in [6.45, 7) is 2.87. The summed E-state index contributed by atoms with van der Waals surface area (Å²) in [4.78, 5) is 26.3. The Hall–Kier alpha value is -2.22. The van der Waals surface area contributed by atoms with Gasteiger partial charge >= 0.3 is 5.97 Å². The maximum Gasteiger partial charge on any atom is 0.311 e. The standard InChI is InChI=1S/C14H16N4O3S/c1-14(13(20)21)4-5-17(9-14)12(19)11-8-18(16-15-11)7-10-3-2-6-22-10/h2-3,6,8H,4-5,7,9H2,1H3,(H,20,21)/t14-/m1/s1. The molecule has 0 saturated carbocycles. The van der Waals surface area contributed by atoms with E-state index in [1.807, 2.05) is 17.5 Å². The van der Waals surface area contributed by atoms with Crippen LogP contribution >= 0.6 is 11.3 Å². The summed E-state index contributed by atoms with van der Waals surface area (Å²) in [6, 6.07) is 3.95. The molecule has 22 heavy (non-hydrogen) atoms. The molecule has 1 amide bonds. The van der Waals surface area contributed by atoms with Crippen LogP contribution in [-0.2, 0) is 11.3 Å². The number of carbonyl (C=O) groups excluding carboxylic acids is 1. The van der Waals surface area contributed by atoms with Crippen LogP contribution in [0.15, 0.2) is 23.7 Å². The number of thiophene rings is 1. The predicted molar refractivity (Wildman–Crippen MR) is 79.7 cm³/mol. The fourth-order valence-corrected chi connectivity index (χ4v) is 3.20. The summed E-state index contributed by atoms with van der Waals surface area (Å²) in [5, 5.41) is 19.1. The van der Waals surface area contributed by atoms with Crippen molar-refractivity contribution < 1.29 is 14.7 Å². The molecule has 3 heterocycles. The van der Waals surface area contributed by atoms with E-state index in [-0.39, 0.29) is 18.1 Å². The van der Waals surface area contributed by atoms with E-state index in [1.165, 1.54) is 4.90 Å². The van der Waals surface area contributed by atoms with Crippen molar-refractivity contribution in [2.75, 3.05) is 13.1 Å². The number of nitrogens with zero attached hydrogens (tertiary/aromatic N) is 4. The van der Waals surface area contributed by atoms with Crippen LogP contribution in [0.25, 0.3) is 0 Å². The van der Waals surface area contributed by atoms with Gasteiger partial charge in [0.2, 0.25) is 0 Å². The zero-order valence-corrected chi connectivity index (χ0v) is 12.9. The molecule has 1 N–H and O–H groups in total. The maximum absolute atomic E-state index is 12.4. The second-order valence-electron chi connectivity index (χ2n) is 5.72. The molecule has 116 valence electrons. The molecule has 3 rings (SSSR count). The number of carbonyl (C=O) groups is 2. The Labute approximate surface area is 131 Å². The summed E-state index contributed by atoms with van der Waals surface area (Å²) in [5.41, 5.74) is -0.617. The fourth-order valence-electron chi connectivity index (χ4n) is 2.51. The Kier molecular flexibility index (Phi) is 3.69. The molecular weight excluding hydrogens is 304 g/mol. The average Bonchev–Trinajstić information content (AvgIpc) is 3.20. The van der Waals surface area contributed by atoms with Gasteiger partial charge in [0.1, 0.15) is 0 Å². The molecule has 2 aromatic heterocycles. The monoisotopic (exact) mass is 320 g/mol. The third-order valence-electron chi connectivity index (χ3n) is 3.93. The van der Waals surface area contributed by atoms with Crippen LogP contribution in [0, 0.1) is 5.41 Å². The third-order valence-corrected chi connectivity index (χ3v) is 4.79. The van der Waals surface area contributed by atoms with Crippen molar-refractivity contribution >= 4 is 23.2 Å². The number of aromatic nitrogens is 3. The topological polar surface area (TPSA) is 88.3 Å². The van der Waals surface area contributed by atoms with Crippen LogP contribution in [0.1, 0.15) is 28.7 Å². The normalized spacial score (nSPS) is 21.2. The van der Waals surface area contributed by atoms with Gasteiger partial charge in [-0.2, -0.15) is 0 Å². The van der Waals surface area contributed by atoms with E-state index in [2.05, 4.69) is 10.3 Å². The second kappa shape index (κ2) is 5.53. The highest BCUT2D eigenvalue weighted by molar-refractivity contribution is 7.09. The van der Waals surface area contributed by atoms with E-state index in [0.717, 1.165) is 4.88 Å². The van der Waals surface area contributed by atoms with Gasteiger partial charge in [-0.25, -0.2) is 4.68 Å². The van der Waals surface area contributed by atoms with Crippen molar-refractivity contribution in [1.82, 2.24) is 19.9 Å². The Bertz CT molecular complexity index is 697. The lowest BCUT2D eigenvalue weighted by molar-refractivity contribution is -0.147. The van der Waals surface area contributed by atoms with E-state index in [0.29, 0.717) is 19.5 Å². The van der Waals surface area contributed by atoms with Crippen molar-refractivity contribution in [1.29, 1.82) is 0 Å². The maximum atomic E-state index is 12.4. The summed E-state index contributed by atoms with van der Waals surface area (Å²) >= 11 is 1.61. The molecule has 0 radical (unpaired) electrons.